The highest BCUT2D eigenvalue weighted by Crippen LogP contribution is 2.02. The monoisotopic (exact) mass is 448 g/mol. The van der Waals surface area contributed by atoms with E-state index >= 15 is 0 Å². The lowest BCUT2D eigenvalue weighted by Crippen LogP contribution is -2.09. The van der Waals surface area contributed by atoms with E-state index in [1.165, 1.54) is 6.26 Å². The zero-order chi connectivity index (χ0) is 20.9. The van der Waals surface area contributed by atoms with Crippen LogP contribution in [0, 0.1) is 0 Å². The van der Waals surface area contributed by atoms with Crippen molar-refractivity contribution in [2.45, 2.75) is 13.2 Å². The van der Waals surface area contributed by atoms with E-state index in [0.29, 0.717) is 13.2 Å². The molecule has 0 saturated heterocycles. The summed E-state index contributed by atoms with van der Waals surface area (Å²) in [5.41, 5.74) is 2.07. The molecule has 0 radical (unpaired) electrons. The fourth-order valence-corrected chi connectivity index (χ4v) is 2.82. The maximum Gasteiger partial charge on any atom is 0.234 e. The highest BCUT2D eigenvalue weighted by Gasteiger charge is 2.04. The van der Waals surface area contributed by atoms with Gasteiger partial charge in [-0.3, -0.25) is 0 Å². The second-order valence-electron chi connectivity index (χ2n) is 5.95. The summed E-state index contributed by atoms with van der Waals surface area (Å²) in [6, 6.07) is 19.2. The van der Waals surface area contributed by atoms with Gasteiger partial charge in [0.25, 0.3) is 0 Å². The zero-order valence-electron chi connectivity index (χ0n) is 15.7. The van der Waals surface area contributed by atoms with Gasteiger partial charge in [0.2, 0.25) is 9.05 Å². The number of rotatable bonds is 10. The molecule has 0 aliphatic rings. The molecular formula is C19H25ClO6S2. The molecule has 9 heteroatoms. The maximum absolute atomic E-state index is 10.8. The summed E-state index contributed by atoms with van der Waals surface area (Å²) in [7, 11) is -1.33. The maximum atomic E-state index is 10.8. The quantitative estimate of drug-likeness (QED) is 0.410. The topological polar surface area (TPSA) is 86.7 Å². The van der Waals surface area contributed by atoms with E-state index in [2.05, 4.69) is 0 Å². The molecule has 2 aromatic carbocycles. The van der Waals surface area contributed by atoms with Gasteiger partial charge in [0.1, 0.15) is 9.84 Å². The summed E-state index contributed by atoms with van der Waals surface area (Å²) >= 11 is 0. The summed E-state index contributed by atoms with van der Waals surface area (Å²) in [5, 5.41) is 0. The first-order valence-corrected chi connectivity index (χ1v) is 13.0. The zero-order valence-corrected chi connectivity index (χ0v) is 18.0. The lowest BCUT2D eigenvalue weighted by atomic mass is 10.2. The first kappa shape index (κ1) is 24.6. The van der Waals surface area contributed by atoms with E-state index in [0.717, 1.165) is 11.1 Å². The van der Waals surface area contributed by atoms with Gasteiger partial charge in [-0.25, -0.2) is 16.8 Å². The van der Waals surface area contributed by atoms with Crippen molar-refractivity contribution in [2.24, 2.45) is 0 Å². The van der Waals surface area contributed by atoms with Crippen molar-refractivity contribution >= 4 is 29.6 Å². The van der Waals surface area contributed by atoms with Crippen LogP contribution >= 0.6 is 10.7 Å². The van der Waals surface area contributed by atoms with E-state index < -0.39 is 18.9 Å². The van der Waals surface area contributed by atoms with Crippen LogP contribution < -0.4 is 0 Å². The largest absolute Gasteiger partial charge is 0.376 e. The number of benzene rings is 2. The SMILES string of the molecule is CS(=O)(=O)CCOCc1ccccc1.O=S(=O)(Cl)CCOCc1ccccc1. The number of hydrogen-bond acceptors (Lipinski definition) is 6. The fourth-order valence-electron chi connectivity index (χ4n) is 1.90. The van der Waals surface area contributed by atoms with Crippen LogP contribution in [0.1, 0.15) is 11.1 Å². The van der Waals surface area contributed by atoms with Crippen LogP contribution in [0.25, 0.3) is 0 Å². The lowest BCUT2D eigenvalue weighted by Gasteiger charge is -2.02. The smallest absolute Gasteiger partial charge is 0.234 e. The molecule has 0 fully saturated rings. The summed E-state index contributed by atoms with van der Waals surface area (Å²) < 4.78 is 52.9. The second-order valence-corrected chi connectivity index (χ2v) is 11.1. The average Bonchev–Trinajstić information content (AvgIpc) is 2.63. The van der Waals surface area contributed by atoms with Gasteiger partial charge in [0, 0.05) is 16.9 Å². The van der Waals surface area contributed by atoms with Gasteiger partial charge in [-0.15, -0.1) is 0 Å². The minimum atomic E-state index is -3.43. The van der Waals surface area contributed by atoms with Gasteiger partial charge in [0.15, 0.2) is 0 Å². The van der Waals surface area contributed by atoms with Gasteiger partial charge < -0.3 is 9.47 Å². The van der Waals surface area contributed by atoms with Gasteiger partial charge in [-0.05, 0) is 11.1 Å². The standard InChI is InChI=1S/C10H14O3S.C9H11ClO3S/c1-14(11,12)8-7-13-9-10-5-3-2-4-6-10;10-14(11,12)7-6-13-8-9-4-2-1-3-5-9/h2-6H,7-9H2,1H3;1-5H,6-8H2. The summed E-state index contributed by atoms with van der Waals surface area (Å²) in [6.07, 6.45) is 1.21. The molecule has 0 bridgehead atoms. The first-order valence-electron chi connectivity index (χ1n) is 8.49. The van der Waals surface area contributed by atoms with Crippen molar-refractivity contribution in [3.8, 4) is 0 Å². The Kier molecular flexibility index (Phi) is 11.3. The van der Waals surface area contributed by atoms with Gasteiger partial charge in [0.05, 0.1) is 37.9 Å². The van der Waals surface area contributed by atoms with Crippen molar-refractivity contribution in [3.05, 3.63) is 71.8 Å². The molecule has 28 heavy (non-hydrogen) atoms. The van der Waals surface area contributed by atoms with E-state index in [4.69, 9.17) is 20.2 Å². The van der Waals surface area contributed by atoms with Crippen LogP contribution in [-0.4, -0.2) is 47.8 Å². The summed E-state index contributed by atoms with van der Waals surface area (Å²) in [4.78, 5) is 0. The minimum absolute atomic E-state index is 0.0832. The Hall–Kier alpha value is -1.45. The summed E-state index contributed by atoms with van der Waals surface area (Å²) in [5.74, 6) is -0.0682. The molecule has 0 amide bonds. The highest BCUT2D eigenvalue weighted by atomic mass is 35.7. The molecule has 0 heterocycles. The van der Waals surface area contributed by atoms with Crippen molar-refractivity contribution in [1.29, 1.82) is 0 Å². The molecule has 2 aromatic rings. The highest BCUT2D eigenvalue weighted by molar-refractivity contribution is 8.13. The lowest BCUT2D eigenvalue weighted by molar-refractivity contribution is 0.135. The first-order chi connectivity index (χ1) is 13.2. The van der Waals surface area contributed by atoms with E-state index in [1.54, 1.807) is 0 Å². The number of sulfone groups is 1. The van der Waals surface area contributed by atoms with Crippen molar-refractivity contribution < 1.29 is 26.3 Å². The Bertz CT molecular complexity index is 794. The Morgan fingerprint density at radius 2 is 1.11 bits per heavy atom. The van der Waals surface area contributed by atoms with Gasteiger partial charge in [-0.1, -0.05) is 60.7 Å². The molecule has 0 atom stereocenters. The van der Waals surface area contributed by atoms with Crippen LogP contribution in [0.2, 0.25) is 0 Å². The predicted molar refractivity (Wildman–Crippen MR) is 112 cm³/mol. The third-order valence-electron chi connectivity index (χ3n) is 3.29. The second kappa shape index (κ2) is 12.9. The van der Waals surface area contributed by atoms with Crippen LogP contribution in [-0.2, 0) is 41.6 Å². The van der Waals surface area contributed by atoms with Crippen LogP contribution in [0.4, 0.5) is 0 Å². The van der Waals surface area contributed by atoms with Crippen molar-refractivity contribution in [2.75, 3.05) is 31.0 Å². The van der Waals surface area contributed by atoms with Gasteiger partial charge >= 0.3 is 0 Å². The van der Waals surface area contributed by atoms with Crippen LogP contribution in [0.5, 0.6) is 0 Å². The molecule has 0 saturated carbocycles. The molecule has 0 aliphatic carbocycles. The Balaban J connectivity index is 0.000000280. The molecule has 0 N–H and O–H groups in total. The fraction of sp³-hybridized carbons (Fsp3) is 0.368. The van der Waals surface area contributed by atoms with E-state index in [9.17, 15) is 16.8 Å². The Morgan fingerprint density at radius 1 is 0.714 bits per heavy atom. The molecule has 0 spiro atoms. The number of halogens is 1. The molecule has 6 nitrogen and oxygen atoms in total. The minimum Gasteiger partial charge on any atom is -0.376 e. The molecule has 0 aliphatic heterocycles. The molecule has 156 valence electrons. The summed E-state index contributed by atoms with van der Waals surface area (Å²) in [6.45, 7) is 1.26. The third-order valence-corrected chi connectivity index (χ3v) is 5.32. The van der Waals surface area contributed by atoms with Crippen LogP contribution in [0.15, 0.2) is 60.7 Å². The molecular weight excluding hydrogens is 424 g/mol. The van der Waals surface area contributed by atoms with E-state index in [-0.39, 0.29) is 24.7 Å². The normalized spacial score (nSPS) is 11.5. The van der Waals surface area contributed by atoms with Crippen molar-refractivity contribution in [3.63, 3.8) is 0 Å². The van der Waals surface area contributed by atoms with E-state index in [1.807, 2.05) is 60.7 Å². The van der Waals surface area contributed by atoms with Crippen molar-refractivity contribution in [1.82, 2.24) is 0 Å². The van der Waals surface area contributed by atoms with Crippen LogP contribution in [0.3, 0.4) is 0 Å². The third kappa shape index (κ3) is 14.6. The number of hydrogen-bond donors (Lipinski definition) is 0. The number of ether oxygens (including phenoxy) is 2. The molecule has 2 rings (SSSR count). The average molecular weight is 449 g/mol. The molecule has 0 unspecified atom stereocenters. The molecule has 0 aromatic heterocycles. The Labute approximate surface area is 171 Å². The Morgan fingerprint density at radius 3 is 1.46 bits per heavy atom. The van der Waals surface area contributed by atoms with Gasteiger partial charge in [-0.2, -0.15) is 0 Å². The predicted octanol–water partition coefficient (Wildman–Crippen LogP) is 3.02.